The Kier molecular flexibility index (Phi) is 2.73. The van der Waals surface area contributed by atoms with E-state index in [-0.39, 0.29) is 0 Å². The summed E-state index contributed by atoms with van der Waals surface area (Å²) in [6.45, 7) is 4.29. The standard InChI is InChI=1S/C6H12OS2/c1-5(2)6-3-4-8-9(6)7/h5-6H,3-4H2,1-2H3/t6-,9?/m0/s1. The van der Waals surface area contributed by atoms with E-state index in [0.717, 1.165) is 12.2 Å². The second-order valence-electron chi connectivity index (χ2n) is 2.65. The summed E-state index contributed by atoms with van der Waals surface area (Å²) >= 11 is 0. The van der Waals surface area contributed by atoms with Gasteiger partial charge in [0.25, 0.3) is 0 Å². The molecule has 1 fully saturated rings. The van der Waals surface area contributed by atoms with Crippen LogP contribution in [0.2, 0.25) is 0 Å². The molecule has 0 aromatic carbocycles. The van der Waals surface area contributed by atoms with E-state index in [1.54, 1.807) is 10.8 Å². The zero-order valence-corrected chi connectivity index (χ0v) is 7.43. The summed E-state index contributed by atoms with van der Waals surface area (Å²) in [5, 5.41) is 0.468. The van der Waals surface area contributed by atoms with Gasteiger partial charge in [-0.25, -0.2) is 0 Å². The fraction of sp³-hybridized carbons (Fsp3) is 1.00. The summed E-state index contributed by atoms with van der Waals surface area (Å²) in [5.41, 5.74) is 0. The Labute approximate surface area is 63.2 Å². The third-order valence-electron chi connectivity index (χ3n) is 1.59. The minimum Gasteiger partial charge on any atom is -0.605 e. The molecule has 1 aliphatic rings. The van der Waals surface area contributed by atoms with Gasteiger partial charge < -0.3 is 4.55 Å². The van der Waals surface area contributed by atoms with E-state index >= 15 is 0 Å². The topological polar surface area (TPSA) is 23.1 Å². The zero-order valence-electron chi connectivity index (χ0n) is 5.79. The van der Waals surface area contributed by atoms with Crippen molar-refractivity contribution in [2.45, 2.75) is 25.5 Å². The fourth-order valence-electron chi connectivity index (χ4n) is 0.986. The molecule has 1 aliphatic heterocycles. The highest BCUT2D eigenvalue weighted by atomic mass is 33.1. The summed E-state index contributed by atoms with van der Waals surface area (Å²) in [5.74, 6) is 1.69. The first kappa shape index (κ1) is 7.76. The van der Waals surface area contributed by atoms with E-state index in [9.17, 15) is 4.55 Å². The molecule has 1 saturated heterocycles. The molecule has 0 amide bonds. The molecule has 1 unspecified atom stereocenters. The predicted molar refractivity (Wildman–Crippen MR) is 43.8 cm³/mol. The van der Waals surface area contributed by atoms with Gasteiger partial charge in [-0.3, -0.25) is 0 Å². The summed E-state index contributed by atoms with van der Waals surface area (Å²) in [4.78, 5) is 0. The van der Waals surface area contributed by atoms with Gasteiger partial charge in [-0.2, -0.15) is 0 Å². The molecule has 1 nitrogen and oxygen atoms in total. The maximum absolute atomic E-state index is 11.1. The van der Waals surface area contributed by atoms with Gasteiger partial charge in [-0.15, -0.1) is 0 Å². The fourth-order valence-corrected chi connectivity index (χ4v) is 4.84. The van der Waals surface area contributed by atoms with E-state index in [2.05, 4.69) is 13.8 Å². The van der Waals surface area contributed by atoms with Gasteiger partial charge in [-0.1, -0.05) is 13.8 Å². The van der Waals surface area contributed by atoms with E-state index in [1.807, 2.05) is 0 Å². The highest BCUT2D eigenvalue weighted by molar-refractivity contribution is 8.72. The van der Waals surface area contributed by atoms with Crippen molar-refractivity contribution in [2.75, 3.05) is 5.75 Å². The molecule has 0 radical (unpaired) electrons. The van der Waals surface area contributed by atoms with Crippen molar-refractivity contribution < 1.29 is 4.55 Å². The first-order valence-electron chi connectivity index (χ1n) is 3.25. The molecule has 3 heteroatoms. The lowest BCUT2D eigenvalue weighted by molar-refractivity contribution is 0.541. The van der Waals surface area contributed by atoms with Crippen molar-refractivity contribution in [2.24, 2.45) is 5.92 Å². The average Bonchev–Trinajstić information content (AvgIpc) is 2.13. The number of hydrogen-bond acceptors (Lipinski definition) is 2. The Balaban J connectivity index is 2.40. The molecular formula is C6H12OS2. The van der Waals surface area contributed by atoms with Crippen molar-refractivity contribution in [1.29, 1.82) is 0 Å². The Morgan fingerprint density at radius 3 is 2.56 bits per heavy atom. The van der Waals surface area contributed by atoms with Crippen LogP contribution in [0.1, 0.15) is 20.3 Å². The molecule has 2 atom stereocenters. The van der Waals surface area contributed by atoms with Crippen molar-refractivity contribution in [3.63, 3.8) is 0 Å². The van der Waals surface area contributed by atoms with Crippen LogP contribution in [0.3, 0.4) is 0 Å². The van der Waals surface area contributed by atoms with Crippen molar-refractivity contribution in [3.05, 3.63) is 0 Å². The molecule has 1 rings (SSSR count). The molecule has 0 aliphatic carbocycles. The van der Waals surface area contributed by atoms with Crippen LogP contribution in [0.15, 0.2) is 0 Å². The van der Waals surface area contributed by atoms with E-state index in [1.165, 1.54) is 0 Å². The van der Waals surface area contributed by atoms with Crippen LogP contribution in [-0.4, -0.2) is 15.6 Å². The third-order valence-corrected chi connectivity index (χ3v) is 5.44. The summed E-state index contributed by atoms with van der Waals surface area (Å²) < 4.78 is 11.1. The van der Waals surface area contributed by atoms with E-state index < -0.39 is 10.2 Å². The largest absolute Gasteiger partial charge is 0.605 e. The van der Waals surface area contributed by atoms with Gasteiger partial charge in [0.05, 0.1) is 10.8 Å². The smallest absolute Gasteiger partial charge is 0.131 e. The highest BCUT2D eigenvalue weighted by Crippen LogP contribution is 2.34. The second-order valence-corrected chi connectivity index (χ2v) is 6.12. The lowest BCUT2D eigenvalue weighted by Gasteiger charge is -2.13. The summed E-state index contributed by atoms with van der Waals surface area (Å²) in [7, 11) is 1.03. The van der Waals surface area contributed by atoms with Gasteiger partial charge in [0, 0.05) is 28.3 Å². The SMILES string of the molecule is CC(C)[C@@H]1CCS[S+]1[O-]. The Bertz CT molecular complexity index is 95.1. The molecule has 54 valence electrons. The Morgan fingerprint density at radius 1 is 1.67 bits per heavy atom. The van der Waals surface area contributed by atoms with Gasteiger partial charge >= 0.3 is 0 Å². The van der Waals surface area contributed by atoms with Crippen molar-refractivity contribution >= 4 is 21.0 Å². The zero-order chi connectivity index (χ0) is 6.85. The van der Waals surface area contributed by atoms with Crippen molar-refractivity contribution in [3.8, 4) is 0 Å². The molecule has 0 spiro atoms. The van der Waals surface area contributed by atoms with Crippen LogP contribution in [0, 0.1) is 5.92 Å². The molecular weight excluding hydrogens is 152 g/mol. The Morgan fingerprint density at radius 2 is 2.33 bits per heavy atom. The molecule has 0 N–H and O–H groups in total. The van der Waals surface area contributed by atoms with Gasteiger partial charge in [0.1, 0.15) is 5.25 Å². The normalized spacial score (nSPS) is 36.0. The highest BCUT2D eigenvalue weighted by Gasteiger charge is 2.33. The quantitative estimate of drug-likeness (QED) is 0.436. The van der Waals surface area contributed by atoms with Crippen molar-refractivity contribution in [1.82, 2.24) is 0 Å². The number of rotatable bonds is 1. The monoisotopic (exact) mass is 164 g/mol. The van der Waals surface area contributed by atoms with Crippen LogP contribution in [0.4, 0.5) is 0 Å². The van der Waals surface area contributed by atoms with E-state index in [0.29, 0.717) is 11.2 Å². The second kappa shape index (κ2) is 3.17. The van der Waals surface area contributed by atoms with Gasteiger partial charge in [0.15, 0.2) is 0 Å². The van der Waals surface area contributed by atoms with Gasteiger partial charge in [-0.05, 0) is 0 Å². The van der Waals surface area contributed by atoms with E-state index in [4.69, 9.17) is 0 Å². The maximum Gasteiger partial charge on any atom is 0.131 e. The molecule has 1 heterocycles. The van der Waals surface area contributed by atoms with Crippen LogP contribution >= 0.6 is 10.8 Å². The Hall–Kier alpha value is 0.660. The molecule has 0 aromatic rings. The van der Waals surface area contributed by atoms with Gasteiger partial charge in [0.2, 0.25) is 0 Å². The van der Waals surface area contributed by atoms with Crippen LogP contribution in [-0.2, 0) is 10.2 Å². The molecule has 0 saturated carbocycles. The lowest BCUT2D eigenvalue weighted by atomic mass is 10.1. The molecule has 0 aromatic heterocycles. The van der Waals surface area contributed by atoms with Crippen LogP contribution in [0.25, 0.3) is 0 Å². The minimum atomic E-state index is -0.574. The minimum absolute atomic E-state index is 0.468. The first-order valence-corrected chi connectivity index (χ1v) is 5.97. The van der Waals surface area contributed by atoms with Crippen LogP contribution < -0.4 is 0 Å². The number of hydrogen-bond donors (Lipinski definition) is 0. The third kappa shape index (κ3) is 1.79. The summed E-state index contributed by atoms with van der Waals surface area (Å²) in [6, 6.07) is 0. The predicted octanol–water partition coefficient (Wildman–Crippen LogP) is 1.81. The lowest BCUT2D eigenvalue weighted by Crippen LogP contribution is -2.18. The average molecular weight is 164 g/mol. The maximum atomic E-state index is 11.1. The first-order chi connectivity index (χ1) is 4.22. The molecule has 9 heavy (non-hydrogen) atoms. The van der Waals surface area contributed by atoms with Crippen LogP contribution in [0.5, 0.6) is 0 Å². The molecule has 0 bridgehead atoms. The summed E-state index contributed by atoms with van der Waals surface area (Å²) in [6.07, 6.45) is 1.15.